The zero-order chi connectivity index (χ0) is 18.7. The smallest absolute Gasteiger partial charge is 0.153 e. The van der Waals surface area contributed by atoms with Gasteiger partial charge in [0.2, 0.25) is 0 Å². The third kappa shape index (κ3) is 2.23. The molecule has 4 aliphatic heterocycles. The van der Waals surface area contributed by atoms with Gasteiger partial charge in [-0.15, -0.1) is 0 Å². The zero-order valence-electron chi connectivity index (χ0n) is 16.1. The Morgan fingerprint density at radius 2 is 2.04 bits per heavy atom. The molecule has 0 radical (unpaired) electrons. The molecule has 4 heterocycles. The minimum atomic E-state index is -0.137. The third-order valence-corrected chi connectivity index (χ3v) is 6.58. The number of rotatable bonds is 2. The second kappa shape index (κ2) is 5.92. The number of para-hydroxylation sites is 1. The summed E-state index contributed by atoms with van der Waals surface area (Å²) in [4.78, 5) is 4.61. The summed E-state index contributed by atoms with van der Waals surface area (Å²) in [5.74, 6) is 1.79. The van der Waals surface area contributed by atoms with Crippen LogP contribution in [0, 0.1) is 0 Å². The summed E-state index contributed by atoms with van der Waals surface area (Å²) in [6.45, 7) is 3.44. The number of ether oxygens (including phenoxy) is 3. The number of hydrogen-bond acceptors (Lipinski definition) is 5. The van der Waals surface area contributed by atoms with Gasteiger partial charge < -0.3 is 24.0 Å². The maximum absolute atomic E-state index is 6.23. The van der Waals surface area contributed by atoms with Crippen LogP contribution in [0.1, 0.15) is 24.0 Å². The fourth-order valence-corrected chi connectivity index (χ4v) is 5.17. The standard InChI is InChI=1S/C23H24N2O3/c1-24-8-10-27-22-12-21-18(11-20(22)24)23(15-28-21)14-25(13-16-5-4-9-26-16)19-7-3-2-6-17(19)23/h2-3,6-8,10-12,16H,4-5,9,13-15H2,1H3/t16-,23?/m1/s1. The molecule has 2 aromatic carbocycles. The van der Waals surface area contributed by atoms with Crippen LogP contribution in [0.4, 0.5) is 11.4 Å². The predicted molar refractivity (Wildman–Crippen MR) is 109 cm³/mol. The normalized spacial score (nSPS) is 26.8. The number of anilines is 2. The predicted octanol–water partition coefficient (Wildman–Crippen LogP) is 3.66. The summed E-state index contributed by atoms with van der Waals surface area (Å²) in [7, 11) is 2.05. The van der Waals surface area contributed by atoms with E-state index in [4.69, 9.17) is 14.2 Å². The molecule has 28 heavy (non-hydrogen) atoms. The number of fused-ring (bicyclic) bond motifs is 5. The Kier molecular flexibility index (Phi) is 3.45. The van der Waals surface area contributed by atoms with Crippen molar-refractivity contribution in [1.82, 2.24) is 0 Å². The van der Waals surface area contributed by atoms with E-state index in [0.29, 0.717) is 12.7 Å². The van der Waals surface area contributed by atoms with Gasteiger partial charge >= 0.3 is 0 Å². The molecule has 5 nitrogen and oxygen atoms in total. The SMILES string of the molecule is CN1C=COc2cc3c(cc21)C1(CO3)CN(C[C@H]2CCCO2)c2ccccc21. The Morgan fingerprint density at radius 1 is 1.11 bits per heavy atom. The average Bonchev–Trinajstić information content (AvgIpc) is 3.42. The molecule has 2 aromatic rings. The average molecular weight is 376 g/mol. The lowest BCUT2D eigenvalue weighted by Crippen LogP contribution is -2.39. The molecule has 4 aliphatic rings. The lowest BCUT2D eigenvalue weighted by molar-refractivity contribution is 0.115. The van der Waals surface area contributed by atoms with E-state index in [9.17, 15) is 0 Å². The van der Waals surface area contributed by atoms with Crippen molar-refractivity contribution in [2.45, 2.75) is 24.4 Å². The van der Waals surface area contributed by atoms with Crippen LogP contribution in [0.2, 0.25) is 0 Å². The molecule has 0 aromatic heterocycles. The maximum Gasteiger partial charge on any atom is 0.153 e. The lowest BCUT2D eigenvalue weighted by atomic mass is 9.77. The Bertz CT molecular complexity index is 966. The molecule has 0 saturated carbocycles. The van der Waals surface area contributed by atoms with Crippen LogP contribution in [0.15, 0.2) is 48.9 Å². The highest BCUT2D eigenvalue weighted by Crippen LogP contribution is 2.54. The minimum absolute atomic E-state index is 0.137. The molecule has 0 amide bonds. The molecule has 2 atom stereocenters. The summed E-state index contributed by atoms with van der Waals surface area (Å²) >= 11 is 0. The van der Waals surface area contributed by atoms with Crippen molar-refractivity contribution in [3.05, 3.63) is 60.0 Å². The van der Waals surface area contributed by atoms with Crippen molar-refractivity contribution in [1.29, 1.82) is 0 Å². The second-order valence-electron chi connectivity index (χ2n) is 8.23. The van der Waals surface area contributed by atoms with Gasteiger partial charge in [0.15, 0.2) is 5.75 Å². The van der Waals surface area contributed by atoms with E-state index in [1.165, 1.54) is 23.2 Å². The highest BCUT2D eigenvalue weighted by molar-refractivity contribution is 5.74. The fraction of sp³-hybridized carbons (Fsp3) is 0.391. The first kappa shape index (κ1) is 16.3. The Morgan fingerprint density at radius 3 is 2.93 bits per heavy atom. The topological polar surface area (TPSA) is 34.2 Å². The molecule has 1 spiro atoms. The van der Waals surface area contributed by atoms with Crippen LogP contribution in [-0.4, -0.2) is 39.5 Å². The van der Waals surface area contributed by atoms with Gasteiger partial charge in [-0.05, 0) is 30.5 Å². The first-order valence-corrected chi connectivity index (χ1v) is 10.1. The number of benzene rings is 2. The first-order chi connectivity index (χ1) is 13.7. The molecular weight excluding hydrogens is 352 g/mol. The summed E-state index contributed by atoms with van der Waals surface area (Å²) in [5, 5.41) is 0. The molecule has 1 unspecified atom stereocenters. The van der Waals surface area contributed by atoms with E-state index in [0.717, 1.165) is 43.3 Å². The van der Waals surface area contributed by atoms with Crippen molar-refractivity contribution in [2.75, 3.05) is 43.2 Å². The molecule has 1 saturated heterocycles. The first-order valence-electron chi connectivity index (χ1n) is 10.1. The van der Waals surface area contributed by atoms with E-state index in [1.807, 2.05) is 12.3 Å². The van der Waals surface area contributed by atoms with Gasteiger partial charge in [0, 0.05) is 50.3 Å². The molecule has 0 N–H and O–H groups in total. The second-order valence-corrected chi connectivity index (χ2v) is 8.23. The van der Waals surface area contributed by atoms with E-state index in [-0.39, 0.29) is 5.41 Å². The van der Waals surface area contributed by atoms with Gasteiger partial charge in [0.25, 0.3) is 0 Å². The maximum atomic E-state index is 6.23. The van der Waals surface area contributed by atoms with Crippen molar-refractivity contribution in [3.8, 4) is 11.5 Å². The van der Waals surface area contributed by atoms with E-state index >= 15 is 0 Å². The molecular formula is C23H24N2O3. The summed E-state index contributed by atoms with van der Waals surface area (Å²) in [6.07, 6.45) is 6.32. The van der Waals surface area contributed by atoms with Crippen molar-refractivity contribution in [2.24, 2.45) is 0 Å². The molecule has 5 heteroatoms. The largest absolute Gasteiger partial charge is 0.492 e. The Balaban J connectivity index is 1.44. The highest BCUT2D eigenvalue weighted by atomic mass is 16.5. The van der Waals surface area contributed by atoms with Gasteiger partial charge in [-0.25, -0.2) is 0 Å². The molecule has 0 bridgehead atoms. The van der Waals surface area contributed by atoms with Gasteiger partial charge in [-0.3, -0.25) is 0 Å². The highest BCUT2D eigenvalue weighted by Gasteiger charge is 2.50. The van der Waals surface area contributed by atoms with Gasteiger partial charge in [0.1, 0.15) is 18.6 Å². The quantitative estimate of drug-likeness (QED) is 0.799. The van der Waals surface area contributed by atoms with Crippen LogP contribution in [0.25, 0.3) is 0 Å². The van der Waals surface area contributed by atoms with Crippen molar-refractivity contribution < 1.29 is 14.2 Å². The van der Waals surface area contributed by atoms with Crippen molar-refractivity contribution in [3.63, 3.8) is 0 Å². The van der Waals surface area contributed by atoms with Crippen LogP contribution in [0.5, 0.6) is 11.5 Å². The Labute approximate surface area is 165 Å². The number of hydrogen-bond donors (Lipinski definition) is 0. The molecule has 6 rings (SSSR count). The van der Waals surface area contributed by atoms with Gasteiger partial charge in [0.05, 0.1) is 17.2 Å². The zero-order valence-corrected chi connectivity index (χ0v) is 16.1. The van der Waals surface area contributed by atoms with Crippen LogP contribution in [0.3, 0.4) is 0 Å². The van der Waals surface area contributed by atoms with Crippen LogP contribution in [-0.2, 0) is 10.2 Å². The van der Waals surface area contributed by atoms with Crippen LogP contribution >= 0.6 is 0 Å². The Hall–Kier alpha value is -2.66. The molecule has 1 fully saturated rings. The fourth-order valence-electron chi connectivity index (χ4n) is 5.17. The lowest BCUT2D eigenvalue weighted by Gasteiger charge is -2.28. The number of nitrogens with zero attached hydrogens (tertiary/aromatic N) is 2. The summed E-state index contributed by atoms with van der Waals surface area (Å²) < 4.78 is 17.9. The third-order valence-electron chi connectivity index (χ3n) is 6.58. The molecule has 0 aliphatic carbocycles. The van der Waals surface area contributed by atoms with E-state index in [2.05, 4.69) is 47.2 Å². The van der Waals surface area contributed by atoms with E-state index < -0.39 is 0 Å². The van der Waals surface area contributed by atoms with Gasteiger partial charge in [-0.1, -0.05) is 18.2 Å². The van der Waals surface area contributed by atoms with Crippen molar-refractivity contribution >= 4 is 11.4 Å². The summed E-state index contributed by atoms with van der Waals surface area (Å²) in [5.41, 5.74) is 4.89. The van der Waals surface area contributed by atoms with E-state index in [1.54, 1.807) is 6.26 Å². The molecule has 144 valence electrons. The van der Waals surface area contributed by atoms with Gasteiger partial charge in [-0.2, -0.15) is 0 Å². The summed E-state index contributed by atoms with van der Waals surface area (Å²) in [6, 6.07) is 13.1. The minimum Gasteiger partial charge on any atom is -0.492 e. The monoisotopic (exact) mass is 376 g/mol. The van der Waals surface area contributed by atoms with Crippen LogP contribution < -0.4 is 19.3 Å².